The largest absolute Gasteiger partial charge is 0.493 e. The summed E-state index contributed by atoms with van der Waals surface area (Å²) in [6, 6.07) is 5.30. The normalized spacial score (nSPS) is 11.1. The first-order valence-corrected chi connectivity index (χ1v) is 6.81. The van der Waals surface area contributed by atoms with Gasteiger partial charge in [0.25, 0.3) is 5.56 Å². The molecule has 0 radical (unpaired) electrons. The van der Waals surface area contributed by atoms with E-state index in [9.17, 15) is 4.79 Å². The van der Waals surface area contributed by atoms with Gasteiger partial charge in [-0.3, -0.25) is 9.78 Å². The molecule has 22 heavy (non-hydrogen) atoms. The third-order valence-corrected chi connectivity index (χ3v) is 3.05. The minimum Gasteiger partial charge on any atom is -0.493 e. The van der Waals surface area contributed by atoms with Gasteiger partial charge >= 0.3 is 0 Å². The van der Waals surface area contributed by atoms with Crippen LogP contribution in [0.3, 0.4) is 0 Å². The van der Waals surface area contributed by atoms with Crippen LogP contribution in [0, 0.1) is 0 Å². The number of methoxy groups -OCH3 is 2. The van der Waals surface area contributed by atoms with Crippen LogP contribution in [0.25, 0.3) is 0 Å². The van der Waals surface area contributed by atoms with E-state index in [1.165, 1.54) is 0 Å². The summed E-state index contributed by atoms with van der Waals surface area (Å²) in [4.78, 5) is 14.7. The van der Waals surface area contributed by atoms with Crippen molar-refractivity contribution in [2.45, 2.75) is 26.2 Å². The van der Waals surface area contributed by atoms with Crippen LogP contribution in [0.15, 0.2) is 23.0 Å². The summed E-state index contributed by atoms with van der Waals surface area (Å²) < 4.78 is 10.4. The third kappa shape index (κ3) is 3.36. The minimum absolute atomic E-state index is 0.259. The van der Waals surface area contributed by atoms with Crippen LogP contribution < -0.4 is 20.3 Å². The van der Waals surface area contributed by atoms with Crippen LogP contribution in [0.4, 0.5) is 11.6 Å². The van der Waals surface area contributed by atoms with Crippen molar-refractivity contribution in [3.63, 3.8) is 0 Å². The molecular formula is C15H20N4O3. The highest BCUT2D eigenvalue weighted by Crippen LogP contribution is 2.30. The van der Waals surface area contributed by atoms with Crippen molar-refractivity contribution >= 4 is 11.6 Å². The van der Waals surface area contributed by atoms with E-state index in [1.807, 2.05) is 20.8 Å². The lowest BCUT2D eigenvalue weighted by Crippen LogP contribution is -2.28. The quantitative estimate of drug-likeness (QED) is 0.900. The summed E-state index contributed by atoms with van der Waals surface area (Å²) in [6.45, 7) is 5.73. The summed E-state index contributed by atoms with van der Waals surface area (Å²) >= 11 is 0. The first kappa shape index (κ1) is 15.8. The van der Waals surface area contributed by atoms with Crippen LogP contribution in [-0.2, 0) is 5.41 Å². The molecular weight excluding hydrogens is 284 g/mol. The minimum atomic E-state index is -0.359. The Morgan fingerprint density at radius 3 is 2.32 bits per heavy atom. The molecule has 7 heteroatoms. The number of ether oxygens (including phenoxy) is 2. The molecule has 0 spiro atoms. The van der Waals surface area contributed by atoms with Crippen LogP contribution >= 0.6 is 0 Å². The topological polar surface area (TPSA) is 89.1 Å². The molecule has 0 saturated carbocycles. The Hall–Kier alpha value is -2.57. The van der Waals surface area contributed by atoms with Crippen LogP contribution in [-0.4, -0.2) is 29.4 Å². The number of H-pyrrole nitrogens is 1. The maximum atomic E-state index is 12.1. The number of nitrogens with one attached hydrogen (secondary N) is 2. The summed E-state index contributed by atoms with van der Waals surface area (Å²) in [7, 11) is 3.13. The Kier molecular flexibility index (Phi) is 4.35. The van der Waals surface area contributed by atoms with Gasteiger partial charge in [0.2, 0.25) is 5.95 Å². The average Bonchev–Trinajstić information content (AvgIpc) is 2.45. The molecule has 0 aliphatic heterocycles. The van der Waals surface area contributed by atoms with E-state index in [1.54, 1.807) is 32.4 Å². The lowest BCUT2D eigenvalue weighted by atomic mass is 9.93. The second-order valence-electron chi connectivity index (χ2n) is 5.80. The number of nitrogens with zero attached hydrogens (tertiary/aromatic N) is 2. The van der Waals surface area contributed by atoms with Gasteiger partial charge in [-0.15, -0.1) is 10.2 Å². The van der Waals surface area contributed by atoms with Gasteiger partial charge < -0.3 is 14.8 Å². The second-order valence-corrected chi connectivity index (χ2v) is 5.80. The molecule has 0 amide bonds. The number of anilines is 2. The molecule has 2 rings (SSSR count). The molecule has 7 nitrogen and oxygen atoms in total. The molecule has 1 heterocycles. The summed E-state index contributed by atoms with van der Waals surface area (Å²) in [6.07, 6.45) is 0. The fourth-order valence-electron chi connectivity index (χ4n) is 1.93. The number of benzene rings is 1. The van der Waals surface area contributed by atoms with Gasteiger partial charge in [0.15, 0.2) is 11.5 Å². The van der Waals surface area contributed by atoms with Crippen LogP contribution in [0.2, 0.25) is 0 Å². The molecule has 0 unspecified atom stereocenters. The van der Waals surface area contributed by atoms with Gasteiger partial charge in [0, 0.05) is 17.2 Å². The Balaban J connectivity index is 2.28. The smallest absolute Gasteiger partial charge is 0.274 e. The second kappa shape index (κ2) is 6.05. The number of aromatic nitrogens is 3. The van der Waals surface area contributed by atoms with E-state index < -0.39 is 0 Å². The molecule has 2 N–H and O–H groups in total. The first-order valence-electron chi connectivity index (χ1n) is 6.81. The maximum Gasteiger partial charge on any atom is 0.274 e. The zero-order valence-electron chi connectivity index (χ0n) is 13.4. The monoisotopic (exact) mass is 304 g/mol. The van der Waals surface area contributed by atoms with Gasteiger partial charge in [-0.05, 0) is 12.1 Å². The van der Waals surface area contributed by atoms with Crippen molar-refractivity contribution in [3.05, 3.63) is 34.2 Å². The Morgan fingerprint density at radius 1 is 1.09 bits per heavy atom. The molecule has 0 bridgehead atoms. The molecule has 118 valence electrons. The van der Waals surface area contributed by atoms with Gasteiger partial charge in [-0.25, -0.2) is 0 Å². The summed E-state index contributed by atoms with van der Waals surface area (Å²) in [5.74, 6) is 1.47. The number of rotatable bonds is 4. The van der Waals surface area contributed by atoms with Crippen molar-refractivity contribution in [2.24, 2.45) is 0 Å². The van der Waals surface area contributed by atoms with E-state index >= 15 is 0 Å². The highest BCUT2D eigenvalue weighted by atomic mass is 16.5. The predicted molar refractivity (Wildman–Crippen MR) is 84.2 cm³/mol. The van der Waals surface area contributed by atoms with Gasteiger partial charge in [-0.2, -0.15) is 0 Å². The lowest BCUT2D eigenvalue weighted by Gasteiger charge is -2.15. The van der Waals surface area contributed by atoms with Crippen molar-refractivity contribution in [3.8, 4) is 11.5 Å². The van der Waals surface area contributed by atoms with Crippen LogP contribution in [0.5, 0.6) is 11.5 Å². The number of hydrogen-bond donors (Lipinski definition) is 2. The SMILES string of the molecule is COc1ccc(Nc2nnc(C(C)(C)C)c(=O)[nH]2)cc1OC. The fraction of sp³-hybridized carbons (Fsp3) is 0.400. The molecule has 1 aromatic heterocycles. The Morgan fingerprint density at radius 2 is 1.77 bits per heavy atom. The maximum absolute atomic E-state index is 12.1. The van der Waals surface area contributed by atoms with E-state index in [-0.39, 0.29) is 16.9 Å². The molecule has 1 aromatic carbocycles. The van der Waals surface area contributed by atoms with Crippen molar-refractivity contribution in [1.82, 2.24) is 15.2 Å². The molecule has 0 atom stereocenters. The fourth-order valence-corrected chi connectivity index (χ4v) is 1.93. The zero-order chi connectivity index (χ0) is 16.3. The summed E-state index contributed by atoms with van der Waals surface area (Å²) in [5.41, 5.74) is 0.476. The summed E-state index contributed by atoms with van der Waals surface area (Å²) in [5, 5.41) is 11.0. The molecule has 0 fully saturated rings. The first-order chi connectivity index (χ1) is 10.3. The van der Waals surface area contributed by atoms with E-state index in [0.717, 1.165) is 0 Å². The van der Waals surface area contributed by atoms with Gasteiger partial charge in [0.05, 0.1) is 14.2 Å². The molecule has 0 aliphatic rings. The lowest BCUT2D eigenvalue weighted by molar-refractivity contribution is 0.355. The number of hydrogen-bond acceptors (Lipinski definition) is 6. The van der Waals surface area contributed by atoms with Crippen molar-refractivity contribution in [2.75, 3.05) is 19.5 Å². The molecule has 2 aromatic rings. The average molecular weight is 304 g/mol. The Bertz CT molecular complexity index is 719. The standard InChI is InChI=1S/C15H20N4O3/c1-15(2,3)12-13(20)17-14(19-18-12)16-9-6-7-10(21-4)11(8-9)22-5/h6-8H,1-5H3,(H2,16,17,19,20). The molecule has 0 aliphatic carbocycles. The Labute approximate surface area is 128 Å². The third-order valence-electron chi connectivity index (χ3n) is 3.05. The highest BCUT2D eigenvalue weighted by molar-refractivity contribution is 5.59. The van der Waals surface area contributed by atoms with Gasteiger partial charge in [-0.1, -0.05) is 20.8 Å². The van der Waals surface area contributed by atoms with Gasteiger partial charge in [0.1, 0.15) is 5.69 Å². The molecule has 0 saturated heterocycles. The number of aromatic amines is 1. The van der Waals surface area contributed by atoms with Crippen molar-refractivity contribution < 1.29 is 9.47 Å². The van der Waals surface area contributed by atoms with E-state index in [0.29, 0.717) is 22.9 Å². The van der Waals surface area contributed by atoms with Crippen LogP contribution in [0.1, 0.15) is 26.5 Å². The van der Waals surface area contributed by atoms with E-state index in [4.69, 9.17) is 9.47 Å². The zero-order valence-corrected chi connectivity index (χ0v) is 13.4. The highest BCUT2D eigenvalue weighted by Gasteiger charge is 2.20. The predicted octanol–water partition coefficient (Wildman–Crippen LogP) is 2.22. The van der Waals surface area contributed by atoms with Crippen molar-refractivity contribution in [1.29, 1.82) is 0 Å². The van der Waals surface area contributed by atoms with E-state index in [2.05, 4.69) is 20.5 Å².